The topological polar surface area (TPSA) is 43.4 Å². The highest BCUT2D eigenvalue weighted by Gasteiger charge is 2.10. The molecule has 1 aromatic carbocycles. The van der Waals surface area contributed by atoms with Gasteiger partial charge >= 0.3 is 0 Å². The zero-order valence-electron chi connectivity index (χ0n) is 10.5. The first-order valence-electron chi connectivity index (χ1n) is 6.47. The van der Waals surface area contributed by atoms with Gasteiger partial charge in [0.2, 0.25) is 0 Å². The predicted molar refractivity (Wildman–Crippen MR) is 73.6 cm³/mol. The van der Waals surface area contributed by atoms with Crippen LogP contribution in [0.15, 0.2) is 30.5 Å². The molecule has 0 saturated carbocycles. The van der Waals surface area contributed by atoms with E-state index in [0.717, 1.165) is 45.1 Å². The van der Waals surface area contributed by atoms with Crippen molar-refractivity contribution in [1.29, 1.82) is 0 Å². The van der Waals surface area contributed by atoms with Gasteiger partial charge in [-0.25, -0.2) is 0 Å². The minimum Gasteiger partial charge on any atom is -0.399 e. The van der Waals surface area contributed by atoms with Gasteiger partial charge in [0.05, 0.1) is 18.7 Å². The Kier molecular flexibility index (Phi) is 3.21. The molecule has 0 atom stereocenters. The molecule has 3 rings (SSSR count). The molecule has 0 radical (unpaired) electrons. The van der Waals surface area contributed by atoms with E-state index in [2.05, 4.69) is 33.9 Å². The van der Waals surface area contributed by atoms with Crippen LogP contribution in [-0.2, 0) is 11.3 Å². The number of anilines is 1. The Bertz CT molecular complexity index is 529. The summed E-state index contributed by atoms with van der Waals surface area (Å²) in [5.74, 6) is 0. The summed E-state index contributed by atoms with van der Waals surface area (Å²) in [4.78, 5) is 2.45. The van der Waals surface area contributed by atoms with Crippen LogP contribution in [0, 0.1) is 0 Å². The van der Waals surface area contributed by atoms with Crippen LogP contribution < -0.4 is 5.73 Å². The Balaban J connectivity index is 1.72. The zero-order chi connectivity index (χ0) is 12.4. The summed E-state index contributed by atoms with van der Waals surface area (Å²) in [5.41, 5.74) is 7.90. The molecule has 4 nitrogen and oxygen atoms in total. The first-order chi connectivity index (χ1) is 8.83. The number of aromatic nitrogens is 1. The van der Waals surface area contributed by atoms with E-state index >= 15 is 0 Å². The minimum atomic E-state index is 0.828. The molecule has 0 spiro atoms. The molecule has 2 aromatic rings. The van der Waals surface area contributed by atoms with Gasteiger partial charge in [-0.2, -0.15) is 0 Å². The van der Waals surface area contributed by atoms with E-state index in [-0.39, 0.29) is 0 Å². The minimum absolute atomic E-state index is 0.828. The number of rotatable bonds is 3. The van der Waals surface area contributed by atoms with Crippen LogP contribution in [0.1, 0.15) is 0 Å². The lowest BCUT2D eigenvalue weighted by atomic mass is 10.2. The maximum Gasteiger partial charge on any atom is 0.0594 e. The molecule has 1 aromatic heterocycles. The van der Waals surface area contributed by atoms with Crippen molar-refractivity contribution in [3.05, 3.63) is 30.5 Å². The van der Waals surface area contributed by atoms with E-state index in [1.807, 2.05) is 6.07 Å². The lowest BCUT2D eigenvalue weighted by molar-refractivity contribution is 0.0365. The van der Waals surface area contributed by atoms with Crippen molar-refractivity contribution in [2.45, 2.75) is 6.54 Å². The van der Waals surface area contributed by atoms with Crippen LogP contribution in [0.2, 0.25) is 0 Å². The van der Waals surface area contributed by atoms with Gasteiger partial charge in [0.1, 0.15) is 0 Å². The SMILES string of the molecule is Nc1ccc2ccn(CCN3CCOCC3)c2c1. The lowest BCUT2D eigenvalue weighted by Crippen LogP contribution is -2.38. The van der Waals surface area contributed by atoms with E-state index in [9.17, 15) is 0 Å². The highest BCUT2D eigenvalue weighted by Crippen LogP contribution is 2.18. The Hall–Kier alpha value is -1.52. The largest absolute Gasteiger partial charge is 0.399 e. The molecule has 0 amide bonds. The highest BCUT2D eigenvalue weighted by atomic mass is 16.5. The van der Waals surface area contributed by atoms with E-state index in [4.69, 9.17) is 10.5 Å². The summed E-state index contributed by atoms with van der Waals surface area (Å²) in [6.45, 7) is 5.89. The Morgan fingerprint density at radius 3 is 2.78 bits per heavy atom. The van der Waals surface area contributed by atoms with Gasteiger partial charge in [-0.15, -0.1) is 0 Å². The average molecular weight is 245 g/mol. The number of hydrogen-bond acceptors (Lipinski definition) is 3. The van der Waals surface area contributed by atoms with Crippen molar-refractivity contribution >= 4 is 16.6 Å². The number of nitrogens with zero attached hydrogens (tertiary/aromatic N) is 2. The fourth-order valence-corrected chi connectivity index (χ4v) is 2.47. The van der Waals surface area contributed by atoms with Crippen molar-refractivity contribution in [2.75, 3.05) is 38.6 Å². The zero-order valence-corrected chi connectivity index (χ0v) is 10.5. The van der Waals surface area contributed by atoms with E-state index in [1.54, 1.807) is 0 Å². The average Bonchev–Trinajstić information content (AvgIpc) is 2.80. The maximum atomic E-state index is 5.85. The van der Waals surface area contributed by atoms with E-state index < -0.39 is 0 Å². The number of ether oxygens (including phenoxy) is 1. The monoisotopic (exact) mass is 245 g/mol. The molecular weight excluding hydrogens is 226 g/mol. The fraction of sp³-hybridized carbons (Fsp3) is 0.429. The Labute approximate surface area is 107 Å². The molecule has 18 heavy (non-hydrogen) atoms. The predicted octanol–water partition coefficient (Wildman–Crippen LogP) is 1.56. The summed E-state index contributed by atoms with van der Waals surface area (Å²) in [6.07, 6.45) is 2.14. The smallest absolute Gasteiger partial charge is 0.0594 e. The van der Waals surface area contributed by atoms with Crippen LogP contribution in [0.3, 0.4) is 0 Å². The molecule has 1 saturated heterocycles. The number of benzene rings is 1. The summed E-state index contributed by atoms with van der Waals surface area (Å²) in [6, 6.07) is 8.23. The van der Waals surface area contributed by atoms with Gasteiger partial charge < -0.3 is 15.0 Å². The third-order valence-electron chi connectivity index (χ3n) is 3.56. The van der Waals surface area contributed by atoms with Crippen molar-refractivity contribution in [1.82, 2.24) is 9.47 Å². The number of hydrogen-bond donors (Lipinski definition) is 1. The van der Waals surface area contributed by atoms with Crippen molar-refractivity contribution in [3.8, 4) is 0 Å². The summed E-state index contributed by atoms with van der Waals surface area (Å²) < 4.78 is 7.64. The number of morpholine rings is 1. The molecule has 1 aliphatic heterocycles. The molecule has 1 aliphatic rings. The summed E-state index contributed by atoms with van der Waals surface area (Å²) >= 11 is 0. The van der Waals surface area contributed by atoms with E-state index in [0.29, 0.717) is 0 Å². The quantitative estimate of drug-likeness (QED) is 0.834. The van der Waals surface area contributed by atoms with Crippen LogP contribution in [0.5, 0.6) is 0 Å². The standard InChI is InChI=1S/C14H19N3O/c15-13-2-1-12-3-4-17(14(12)11-13)6-5-16-7-9-18-10-8-16/h1-4,11H,5-10,15H2. The molecular formula is C14H19N3O. The van der Waals surface area contributed by atoms with Gasteiger partial charge in [0.15, 0.2) is 0 Å². The molecule has 0 bridgehead atoms. The van der Waals surface area contributed by atoms with Gasteiger partial charge in [0, 0.05) is 38.1 Å². The van der Waals surface area contributed by atoms with E-state index in [1.165, 1.54) is 10.9 Å². The second-order valence-corrected chi connectivity index (χ2v) is 4.78. The van der Waals surface area contributed by atoms with Gasteiger partial charge in [-0.05, 0) is 23.6 Å². The second-order valence-electron chi connectivity index (χ2n) is 4.78. The van der Waals surface area contributed by atoms with Crippen LogP contribution in [0.25, 0.3) is 10.9 Å². The Morgan fingerprint density at radius 1 is 1.11 bits per heavy atom. The normalized spacial score (nSPS) is 17.3. The first kappa shape index (κ1) is 11.6. The molecule has 0 aliphatic carbocycles. The number of nitrogens with two attached hydrogens (primary N) is 1. The van der Waals surface area contributed by atoms with Crippen molar-refractivity contribution in [3.63, 3.8) is 0 Å². The van der Waals surface area contributed by atoms with Crippen LogP contribution in [-0.4, -0.2) is 42.3 Å². The molecule has 1 fully saturated rings. The molecule has 96 valence electrons. The third kappa shape index (κ3) is 2.35. The number of fused-ring (bicyclic) bond motifs is 1. The second kappa shape index (κ2) is 5.00. The summed E-state index contributed by atoms with van der Waals surface area (Å²) in [5, 5.41) is 1.26. The van der Waals surface area contributed by atoms with Crippen molar-refractivity contribution < 1.29 is 4.74 Å². The number of nitrogen functional groups attached to an aromatic ring is 1. The fourth-order valence-electron chi connectivity index (χ4n) is 2.47. The highest BCUT2D eigenvalue weighted by molar-refractivity contribution is 5.83. The molecule has 4 heteroatoms. The van der Waals surface area contributed by atoms with Gasteiger partial charge in [0.25, 0.3) is 0 Å². The van der Waals surface area contributed by atoms with Crippen LogP contribution >= 0.6 is 0 Å². The molecule has 2 heterocycles. The van der Waals surface area contributed by atoms with Crippen LogP contribution in [0.4, 0.5) is 5.69 Å². The molecule has 0 unspecified atom stereocenters. The Morgan fingerprint density at radius 2 is 1.94 bits per heavy atom. The third-order valence-corrected chi connectivity index (χ3v) is 3.56. The van der Waals surface area contributed by atoms with Gasteiger partial charge in [-0.1, -0.05) is 6.07 Å². The van der Waals surface area contributed by atoms with Gasteiger partial charge in [-0.3, -0.25) is 4.90 Å². The maximum absolute atomic E-state index is 5.85. The van der Waals surface area contributed by atoms with Crippen molar-refractivity contribution in [2.24, 2.45) is 0 Å². The molecule has 2 N–H and O–H groups in total. The first-order valence-corrected chi connectivity index (χ1v) is 6.47. The lowest BCUT2D eigenvalue weighted by Gasteiger charge is -2.26. The summed E-state index contributed by atoms with van der Waals surface area (Å²) in [7, 11) is 0.